The number of amides is 1. The van der Waals surface area contributed by atoms with Gasteiger partial charge in [-0.3, -0.25) is 9.78 Å². The minimum Gasteiger partial charge on any atom is -0.493 e. The summed E-state index contributed by atoms with van der Waals surface area (Å²) in [5.74, 6) is 2.05. The van der Waals surface area contributed by atoms with Crippen LogP contribution < -0.4 is 19.5 Å². The van der Waals surface area contributed by atoms with E-state index in [4.69, 9.17) is 14.2 Å². The minimum absolute atomic E-state index is 0.225. The molecule has 2 aromatic heterocycles. The summed E-state index contributed by atoms with van der Waals surface area (Å²) in [7, 11) is 4.72. The highest BCUT2D eigenvalue weighted by Crippen LogP contribution is 2.39. The van der Waals surface area contributed by atoms with E-state index in [9.17, 15) is 4.79 Å². The van der Waals surface area contributed by atoms with Crippen LogP contribution in [0.5, 0.6) is 17.2 Å². The topological polar surface area (TPSA) is 82.6 Å². The van der Waals surface area contributed by atoms with Crippen molar-refractivity contribution in [2.75, 3.05) is 26.6 Å². The van der Waals surface area contributed by atoms with Crippen molar-refractivity contribution in [3.05, 3.63) is 66.1 Å². The Bertz CT molecular complexity index is 958. The van der Waals surface area contributed by atoms with E-state index in [0.717, 1.165) is 5.56 Å². The van der Waals surface area contributed by atoms with Crippen LogP contribution in [-0.4, -0.2) is 37.2 Å². The maximum Gasteiger partial charge on any atom is 0.258 e. The largest absolute Gasteiger partial charge is 0.493 e. The summed E-state index contributed by atoms with van der Waals surface area (Å²) < 4.78 is 16.2. The first kappa shape index (κ1) is 20.5. The Morgan fingerprint density at radius 1 is 1.00 bits per heavy atom. The molecule has 3 rings (SSSR count). The molecule has 29 heavy (non-hydrogen) atoms. The summed E-state index contributed by atoms with van der Waals surface area (Å²) in [5.41, 5.74) is 2.13. The summed E-state index contributed by atoms with van der Waals surface area (Å²) in [6, 6.07) is 10.7. The Morgan fingerprint density at radius 2 is 1.69 bits per heavy atom. The number of thioether (sulfide) groups is 1. The normalized spacial score (nSPS) is 10.3. The number of carbonyl (C=O) groups is 1. The lowest BCUT2D eigenvalue weighted by molar-refractivity contribution is 0.102. The summed E-state index contributed by atoms with van der Waals surface area (Å²) in [6.45, 7) is 0. The Kier molecular flexibility index (Phi) is 6.91. The molecule has 3 aromatic rings. The number of pyridine rings is 2. The maximum atomic E-state index is 12.7. The molecule has 0 aliphatic heterocycles. The highest BCUT2D eigenvalue weighted by atomic mass is 32.2. The summed E-state index contributed by atoms with van der Waals surface area (Å²) in [4.78, 5) is 21.0. The number of ether oxygens (including phenoxy) is 3. The first-order valence-corrected chi connectivity index (χ1v) is 9.73. The van der Waals surface area contributed by atoms with Crippen LogP contribution in [0.4, 0.5) is 5.69 Å². The van der Waals surface area contributed by atoms with Gasteiger partial charge in [0.05, 0.1) is 26.9 Å². The third-order valence-electron chi connectivity index (χ3n) is 4.05. The van der Waals surface area contributed by atoms with Crippen molar-refractivity contribution < 1.29 is 19.0 Å². The molecule has 1 aromatic carbocycles. The number of nitrogens with zero attached hydrogens (tertiary/aromatic N) is 2. The number of rotatable bonds is 8. The molecule has 0 saturated carbocycles. The molecule has 0 spiro atoms. The molecule has 0 bridgehead atoms. The van der Waals surface area contributed by atoms with Crippen LogP contribution >= 0.6 is 11.8 Å². The van der Waals surface area contributed by atoms with Crippen molar-refractivity contribution >= 4 is 23.4 Å². The van der Waals surface area contributed by atoms with Crippen molar-refractivity contribution in [1.29, 1.82) is 0 Å². The number of benzene rings is 1. The van der Waals surface area contributed by atoms with Crippen LogP contribution in [0, 0.1) is 0 Å². The zero-order valence-corrected chi connectivity index (χ0v) is 17.2. The van der Waals surface area contributed by atoms with Crippen molar-refractivity contribution in [3.63, 3.8) is 0 Å². The van der Waals surface area contributed by atoms with Crippen molar-refractivity contribution in [1.82, 2.24) is 9.97 Å². The smallest absolute Gasteiger partial charge is 0.258 e. The molecule has 7 nitrogen and oxygen atoms in total. The van der Waals surface area contributed by atoms with E-state index in [0.29, 0.717) is 39.3 Å². The predicted molar refractivity (Wildman–Crippen MR) is 112 cm³/mol. The fourth-order valence-electron chi connectivity index (χ4n) is 2.68. The van der Waals surface area contributed by atoms with Gasteiger partial charge in [0.2, 0.25) is 5.75 Å². The Labute approximate surface area is 173 Å². The van der Waals surface area contributed by atoms with E-state index in [1.165, 1.54) is 11.8 Å². The van der Waals surface area contributed by atoms with Crippen LogP contribution in [-0.2, 0) is 5.75 Å². The van der Waals surface area contributed by atoms with Gasteiger partial charge in [-0.1, -0.05) is 0 Å². The zero-order chi connectivity index (χ0) is 20.6. The minimum atomic E-state index is -0.225. The number of anilines is 1. The third-order valence-corrected chi connectivity index (χ3v) is 5.13. The lowest BCUT2D eigenvalue weighted by atomic mass is 10.2. The number of aromatic nitrogens is 2. The average Bonchev–Trinajstić information content (AvgIpc) is 2.77. The second kappa shape index (κ2) is 9.79. The molecule has 8 heteroatoms. The molecule has 0 fully saturated rings. The number of methoxy groups -OCH3 is 3. The Balaban J connectivity index is 1.79. The van der Waals surface area contributed by atoms with Crippen molar-refractivity contribution in [3.8, 4) is 17.2 Å². The van der Waals surface area contributed by atoms with Gasteiger partial charge in [-0.25, -0.2) is 4.98 Å². The summed E-state index contributed by atoms with van der Waals surface area (Å²) in [5, 5.41) is 3.49. The third kappa shape index (κ3) is 4.97. The maximum absolute atomic E-state index is 12.7. The van der Waals surface area contributed by atoms with E-state index < -0.39 is 0 Å². The van der Waals surface area contributed by atoms with Crippen LogP contribution in [0.3, 0.4) is 0 Å². The first-order chi connectivity index (χ1) is 14.2. The lowest BCUT2D eigenvalue weighted by Crippen LogP contribution is -2.13. The van der Waals surface area contributed by atoms with Gasteiger partial charge in [0.1, 0.15) is 5.03 Å². The molecule has 0 unspecified atom stereocenters. The van der Waals surface area contributed by atoms with Crippen LogP contribution in [0.2, 0.25) is 0 Å². The SMILES string of the molecule is COc1cc(CSc2ncccc2C(=O)Nc2ccncc2)cc(OC)c1OC. The van der Waals surface area contributed by atoms with E-state index >= 15 is 0 Å². The second-order valence-electron chi connectivity index (χ2n) is 5.87. The van der Waals surface area contributed by atoms with Crippen LogP contribution in [0.25, 0.3) is 0 Å². The molecule has 2 heterocycles. The summed E-state index contributed by atoms with van der Waals surface area (Å²) >= 11 is 1.45. The van der Waals surface area contributed by atoms with Gasteiger partial charge in [0, 0.05) is 30.0 Å². The van der Waals surface area contributed by atoms with E-state index in [-0.39, 0.29) is 5.91 Å². The molecule has 0 aliphatic carbocycles. The van der Waals surface area contributed by atoms with Crippen molar-refractivity contribution in [2.24, 2.45) is 0 Å². The van der Waals surface area contributed by atoms with Gasteiger partial charge in [0.25, 0.3) is 5.91 Å². The van der Waals surface area contributed by atoms with Gasteiger partial charge in [-0.2, -0.15) is 0 Å². The average molecular weight is 411 g/mol. The molecule has 0 aliphatic rings. The highest BCUT2D eigenvalue weighted by Gasteiger charge is 2.16. The first-order valence-electron chi connectivity index (χ1n) is 8.74. The molecule has 150 valence electrons. The van der Waals surface area contributed by atoms with Gasteiger partial charge in [-0.15, -0.1) is 11.8 Å². The van der Waals surface area contributed by atoms with Crippen molar-refractivity contribution in [2.45, 2.75) is 10.8 Å². The van der Waals surface area contributed by atoms with Crippen LogP contribution in [0.1, 0.15) is 15.9 Å². The van der Waals surface area contributed by atoms with E-state index in [1.54, 1.807) is 64.2 Å². The highest BCUT2D eigenvalue weighted by molar-refractivity contribution is 7.98. The number of hydrogen-bond acceptors (Lipinski definition) is 7. The lowest BCUT2D eigenvalue weighted by Gasteiger charge is -2.14. The Hall–Kier alpha value is -3.26. The molecular weight excluding hydrogens is 390 g/mol. The van der Waals surface area contributed by atoms with Gasteiger partial charge >= 0.3 is 0 Å². The molecule has 1 amide bonds. The number of carbonyl (C=O) groups excluding carboxylic acids is 1. The standard InChI is InChI=1S/C21H21N3O4S/c1-26-17-11-14(12-18(27-2)19(17)28-3)13-29-21-16(5-4-8-23-21)20(25)24-15-6-9-22-10-7-15/h4-12H,13H2,1-3H3,(H,22,24,25). The van der Waals surface area contributed by atoms with Crippen LogP contribution in [0.15, 0.2) is 60.0 Å². The molecule has 0 saturated heterocycles. The van der Waals surface area contributed by atoms with Gasteiger partial charge in [0.15, 0.2) is 11.5 Å². The number of nitrogens with one attached hydrogen (secondary N) is 1. The van der Waals surface area contributed by atoms with E-state index in [1.807, 2.05) is 12.1 Å². The molecular formula is C21H21N3O4S. The fraction of sp³-hybridized carbons (Fsp3) is 0.190. The zero-order valence-electron chi connectivity index (χ0n) is 16.3. The number of hydrogen-bond donors (Lipinski definition) is 1. The van der Waals surface area contributed by atoms with Gasteiger partial charge < -0.3 is 19.5 Å². The second-order valence-corrected chi connectivity index (χ2v) is 6.83. The molecule has 1 N–H and O–H groups in total. The van der Waals surface area contributed by atoms with E-state index in [2.05, 4.69) is 15.3 Å². The summed E-state index contributed by atoms with van der Waals surface area (Å²) in [6.07, 6.45) is 4.92. The molecule has 0 atom stereocenters. The van der Waals surface area contributed by atoms with Gasteiger partial charge in [-0.05, 0) is 42.0 Å². The molecule has 0 radical (unpaired) electrons. The Morgan fingerprint density at radius 3 is 2.31 bits per heavy atom. The predicted octanol–water partition coefficient (Wildman–Crippen LogP) is 4.05. The fourth-order valence-corrected chi connectivity index (χ4v) is 3.60. The monoisotopic (exact) mass is 411 g/mol. The quantitative estimate of drug-likeness (QED) is 0.560.